The number of rotatable bonds is 6. The molecule has 2 N–H and O–H groups in total. The van der Waals surface area contributed by atoms with Gasteiger partial charge in [-0.25, -0.2) is 10.5 Å². The predicted molar refractivity (Wildman–Crippen MR) is 111 cm³/mol. The third-order valence-electron chi connectivity index (χ3n) is 4.66. The molecular weight excluding hydrogens is 350 g/mol. The van der Waals surface area contributed by atoms with E-state index in [1.54, 1.807) is 11.6 Å². The number of carbonyl (C=O) groups excluding carboxylic acids is 1. The molecule has 0 spiro atoms. The Hall–Kier alpha value is -3.18. The van der Waals surface area contributed by atoms with Gasteiger partial charge in [0.1, 0.15) is 5.82 Å². The molecule has 0 saturated carbocycles. The first kappa shape index (κ1) is 19.6. The van der Waals surface area contributed by atoms with Crippen LogP contribution in [0.25, 0.3) is 17.5 Å². The van der Waals surface area contributed by atoms with Crippen molar-refractivity contribution < 1.29 is 10.0 Å². The number of imidazole rings is 1. The summed E-state index contributed by atoms with van der Waals surface area (Å²) in [6.45, 7) is 6.42. The van der Waals surface area contributed by atoms with Gasteiger partial charge in [-0.2, -0.15) is 0 Å². The lowest BCUT2D eigenvalue weighted by molar-refractivity contribution is -0.124. The van der Waals surface area contributed by atoms with E-state index in [1.807, 2.05) is 42.5 Å². The van der Waals surface area contributed by atoms with E-state index >= 15 is 0 Å². The highest BCUT2D eigenvalue weighted by Crippen LogP contribution is 2.28. The van der Waals surface area contributed by atoms with Crippen LogP contribution >= 0.6 is 0 Å². The van der Waals surface area contributed by atoms with E-state index in [2.05, 4.69) is 37.5 Å². The monoisotopic (exact) mass is 375 g/mol. The van der Waals surface area contributed by atoms with Gasteiger partial charge in [0, 0.05) is 29.8 Å². The zero-order valence-corrected chi connectivity index (χ0v) is 16.4. The molecule has 1 aromatic heterocycles. The fourth-order valence-electron chi connectivity index (χ4n) is 3.34. The zero-order valence-electron chi connectivity index (χ0n) is 16.4. The largest absolute Gasteiger partial charge is 0.326 e. The standard InChI is InChI=1S/C23H25N3O2/c1-16(2)26-17(3)21(15-18-8-5-4-6-9-18)24-23(26)20-11-7-10-19(14-20)12-13-22(27)25-28/h4-14,16,28H,15H2,1-3H3,(H,25,27). The fraction of sp³-hybridized carbons (Fsp3) is 0.217. The lowest BCUT2D eigenvalue weighted by Crippen LogP contribution is -2.14. The van der Waals surface area contributed by atoms with Gasteiger partial charge in [0.05, 0.1) is 5.69 Å². The molecule has 0 unspecified atom stereocenters. The molecule has 0 fully saturated rings. The summed E-state index contributed by atoms with van der Waals surface area (Å²) in [7, 11) is 0. The molecule has 0 bridgehead atoms. The van der Waals surface area contributed by atoms with Crippen molar-refractivity contribution in [2.24, 2.45) is 0 Å². The number of hydrogen-bond acceptors (Lipinski definition) is 3. The van der Waals surface area contributed by atoms with E-state index in [-0.39, 0.29) is 6.04 Å². The van der Waals surface area contributed by atoms with Crippen LogP contribution < -0.4 is 5.48 Å². The summed E-state index contributed by atoms with van der Waals surface area (Å²) in [4.78, 5) is 16.2. The summed E-state index contributed by atoms with van der Waals surface area (Å²) in [5.74, 6) is 0.357. The first-order valence-corrected chi connectivity index (χ1v) is 9.33. The molecule has 1 amide bonds. The maximum Gasteiger partial charge on any atom is 0.267 e. The van der Waals surface area contributed by atoms with E-state index in [4.69, 9.17) is 10.2 Å². The molecule has 5 nitrogen and oxygen atoms in total. The van der Waals surface area contributed by atoms with Gasteiger partial charge in [0.25, 0.3) is 5.91 Å². The van der Waals surface area contributed by atoms with Crippen molar-refractivity contribution in [1.82, 2.24) is 15.0 Å². The van der Waals surface area contributed by atoms with E-state index in [0.29, 0.717) is 0 Å². The van der Waals surface area contributed by atoms with Crippen molar-refractivity contribution in [2.75, 3.05) is 0 Å². The molecule has 28 heavy (non-hydrogen) atoms. The number of carbonyl (C=O) groups is 1. The fourth-order valence-corrected chi connectivity index (χ4v) is 3.34. The Bertz CT molecular complexity index is 988. The summed E-state index contributed by atoms with van der Waals surface area (Å²) >= 11 is 0. The summed E-state index contributed by atoms with van der Waals surface area (Å²) in [6, 6.07) is 18.5. The van der Waals surface area contributed by atoms with Gasteiger partial charge < -0.3 is 4.57 Å². The van der Waals surface area contributed by atoms with Crippen LogP contribution in [0.5, 0.6) is 0 Å². The Morgan fingerprint density at radius 2 is 1.93 bits per heavy atom. The van der Waals surface area contributed by atoms with E-state index in [9.17, 15) is 4.79 Å². The third kappa shape index (κ3) is 4.38. The number of amides is 1. The van der Waals surface area contributed by atoms with E-state index < -0.39 is 5.91 Å². The zero-order chi connectivity index (χ0) is 20.1. The average Bonchev–Trinajstić information content (AvgIpc) is 3.03. The minimum atomic E-state index is -0.560. The van der Waals surface area contributed by atoms with Crippen molar-refractivity contribution in [3.63, 3.8) is 0 Å². The predicted octanol–water partition coefficient (Wildman–Crippen LogP) is 4.55. The maximum atomic E-state index is 11.2. The molecule has 144 valence electrons. The number of nitrogens with one attached hydrogen (secondary N) is 1. The molecule has 0 atom stereocenters. The smallest absolute Gasteiger partial charge is 0.267 e. The second-order valence-corrected chi connectivity index (χ2v) is 7.03. The van der Waals surface area contributed by atoms with Crippen molar-refractivity contribution in [3.8, 4) is 11.4 Å². The number of benzene rings is 2. The molecule has 0 saturated heterocycles. The lowest BCUT2D eigenvalue weighted by atomic mass is 10.1. The number of hydroxylamine groups is 1. The van der Waals surface area contributed by atoms with Crippen LogP contribution in [-0.4, -0.2) is 20.7 Å². The molecule has 0 aliphatic rings. The summed E-state index contributed by atoms with van der Waals surface area (Å²) < 4.78 is 2.25. The van der Waals surface area contributed by atoms with Crippen molar-refractivity contribution in [3.05, 3.63) is 83.2 Å². The molecule has 1 heterocycles. The second-order valence-electron chi connectivity index (χ2n) is 7.03. The lowest BCUT2D eigenvalue weighted by Gasteiger charge is -2.14. The molecule has 0 aliphatic carbocycles. The van der Waals surface area contributed by atoms with Crippen LogP contribution in [0, 0.1) is 6.92 Å². The van der Waals surface area contributed by atoms with Gasteiger partial charge in [-0.05, 0) is 44.0 Å². The average molecular weight is 375 g/mol. The number of aromatic nitrogens is 2. The molecule has 2 aromatic carbocycles. The quantitative estimate of drug-likeness (QED) is 0.377. The topological polar surface area (TPSA) is 67.2 Å². The highest BCUT2D eigenvalue weighted by atomic mass is 16.5. The van der Waals surface area contributed by atoms with Gasteiger partial charge >= 0.3 is 0 Å². The van der Waals surface area contributed by atoms with Gasteiger partial charge in [0.2, 0.25) is 0 Å². The normalized spacial score (nSPS) is 11.3. The van der Waals surface area contributed by atoms with E-state index in [1.165, 1.54) is 11.6 Å². The first-order chi connectivity index (χ1) is 13.5. The highest BCUT2D eigenvalue weighted by Gasteiger charge is 2.17. The number of nitrogens with zero attached hydrogens (tertiary/aromatic N) is 2. The van der Waals surface area contributed by atoms with Gasteiger partial charge in [0.15, 0.2) is 0 Å². The van der Waals surface area contributed by atoms with Crippen LogP contribution in [0.1, 0.15) is 42.4 Å². The van der Waals surface area contributed by atoms with E-state index in [0.717, 1.165) is 34.8 Å². The van der Waals surface area contributed by atoms with Crippen molar-refractivity contribution >= 4 is 12.0 Å². The Morgan fingerprint density at radius 1 is 1.18 bits per heavy atom. The molecule has 5 heteroatoms. The minimum absolute atomic E-state index is 0.270. The van der Waals surface area contributed by atoms with Crippen LogP contribution in [0.4, 0.5) is 0 Å². The molecule has 3 rings (SSSR count). The second kappa shape index (κ2) is 8.67. The Kier molecular flexibility index (Phi) is 6.06. The van der Waals surface area contributed by atoms with Gasteiger partial charge in [-0.15, -0.1) is 0 Å². The van der Waals surface area contributed by atoms with Crippen LogP contribution in [0.3, 0.4) is 0 Å². The van der Waals surface area contributed by atoms with Gasteiger partial charge in [-0.1, -0.05) is 48.5 Å². The van der Waals surface area contributed by atoms with Crippen LogP contribution in [0.2, 0.25) is 0 Å². The Balaban J connectivity index is 2.00. The molecule has 0 aliphatic heterocycles. The molecular formula is C23H25N3O2. The first-order valence-electron chi connectivity index (χ1n) is 9.33. The number of hydrogen-bond donors (Lipinski definition) is 2. The van der Waals surface area contributed by atoms with Crippen LogP contribution in [-0.2, 0) is 11.2 Å². The molecule has 3 aromatic rings. The highest BCUT2D eigenvalue weighted by molar-refractivity contribution is 5.91. The van der Waals surface area contributed by atoms with Crippen LogP contribution in [0.15, 0.2) is 60.7 Å². The minimum Gasteiger partial charge on any atom is -0.326 e. The maximum absolute atomic E-state index is 11.2. The summed E-state index contributed by atoms with van der Waals surface area (Å²) in [5.41, 5.74) is 6.91. The van der Waals surface area contributed by atoms with Crippen molar-refractivity contribution in [2.45, 2.75) is 33.2 Å². The molecule has 0 radical (unpaired) electrons. The summed E-state index contributed by atoms with van der Waals surface area (Å²) in [6.07, 6.45) is 3.74. The third-order valence-corrected chi connectivity index (χ3v) is 4.66. The summed E-state index contributed by atoms with van der Waals surface area (Å²) in [5, 5.41) is 8.63. The van der Waals surface area contributed by atoms with Gasteiger partial charge in [-0.3, -0.25) is 10.0 Å². The Morgan fingerprint density at radius 3 is 2.61 bits per heavy atom. The SMILES string of the molecule is Cc1c(Cc2ccccc2)nc(-c2cccc(C=CC(=O)NO)c2)n1C(C)C. The Labute approximate surface area is 165 Å². The van der Waals surface area contributed by atoms with Crippen molar-refractivity contribution in [1.29, 1.82) is 0 Å².